The van der Waals surface area contributed by atoms with Gasteiger partial charge in [0.1, 0.15) is 0 Å². The molecule has 0 nitrogen and oxygen atoms in total. The quantitative estimate of drug-likeness (QED) is 0.639. The minimum atomic E-state index is -2.14. The first-order chi connectivity index (χ1) is 5.29. The lowest BCUT2D eigenvalue weighted by Gasteiger charge is -2.19. The van der Waals surface area contributed by atoms with Gasteiger partial charge in [0.25, 0.3) is 0 Å². The molecule has 1 saturated carbocycles. The van der Waals surface area contributed by atoms with Crippen molar-refractivity contribution in [3.63, 3.8) is 0 Å². The first-order valence-electron chi connectivity index (χ1n) is 4.04. The molecular weight excluding hydrogens is 166 g/mol. The van der Waals surface area contributed by atoms with Crippen molar-refractivity contribution in [2.45, 2.75) is 38.5 Å². The summed E-state index contributed by atoms with van der Waals surface area (Å²) in [5, 5.41) is 1.29. The Labute approximate surface area is 70.7 Å². The van der Waals surface area contributed by atoms with Crippen LogP contribution >= 0.6 is 11.8 Å². The summed E-state index contributed by atoms with van der Waals surface area (Å²) in [6, 6.07) is 0. The Kier molecular flexibility index (Phi) is 4.20. The average molecular weight is 179 g/mol. The second-order valence-electron chi connectivity index (χ2n) is 2.80. The van der Waals surface area contributed by atoms with Gasteiger partial charge in [-0.1, -0.05) is 19.3 Å². The van der Waals surface area contributed by atoms with Gasteiger partial charge >= 0.3 is 0 Å². The van der Waals surface area contributed by atoms with Gasteiger partial charge < -0.3 is 0 Å². The number of halogens is 2. The molecule has 3 heteroatoms. The Hall–Kier alpha value is 0.210. The van der Waals surface area contributed by atoms with Crippen molar-refractivity contribution in [1.82, 2.24) is 0 Å². The van der Waals surface area contributed by atoms with Crippen LogP contribution in [0.2, 0.25) is 0 Å². The molecule has 0 aromatic rings. The highest BCUT2D eigenvalue weighted by Gasteiger charge is 2.16. The summed E-state index contributed by atoms with van der Waals surface area (Å²) in [5.41, 5.74) is 0. The monoisotopic (exact) mass is 179 g/mol. The normalized spacial score (nSPS) is 21.0. The van der Waals surface area contributed by atoms with Crippen LogP contribution in [0.5, 0.6) is 0 Å². The Morgan fingerprint density at radius 1 is 1.18 bits per heavy atom. The largest absolute Gasteiger partial charge is 0.247 e. The van der Waals surface area contributed by atoms with E-state index in [4.69, 9.17) is 0 Å². The summed E-state index contributed by atoms with van der Waals surface area (Å²) in [5.74, 6) is -0.00463. The number of alkyl halides is 2. The minimum Gasteiger partial charge on any atom is -0.210 e. The van der Waals surface area contributed by atoms with Gasteiger partial charge in [0.05, 0.1) is 5.75 Å². The number of thioether (sulfide) groups is 1. The predicted octanol–water partition coefficient (Wildman–Crippen LogP) is 3.48. The molecular formula is C8H13F2S. The lowest BCUT2D eigenvalue weighted by molar-refractivity contribution is 0.177. The molecule has 0 aliphatic heterocycles. The smallest absolute Gasteiger partial charge is 0.210 e. The predicted molar refractivity (Wildman–Crippen MR) is 44.8 cm³/mol. The van der Waals surface area contributed by atoms with Crippen molar-refractivity contribution in [1.29, 1.82) is 0 Å². The van der Waals surface area contributed by atoms with E-state index in [1.807, 2.05) is 0 Å². The molecule has 1 aliphatic rings. The van der Waals surface area contributed by atoms with Crippen LogP contribution in [0.4, 0.5) is 8.78 Å². The van der Waals surface area contributed by atoms with Crippen molar-refractivity contribution < 1.29 is 8.78 Å². The van der Waals surface area contributed by atoms with Gasteiger partial charge in [0.15, 0.2) is 0 Å². The Morgan fingerprint density at radius 2 is 1.82 bits per heavy atom. The molecule has 1 radical (unpaired) electrons. The molecule has 0 unspecified atom stereocenters. The highest BCUT2D eigenvalue weighted by atomic mass is 32.2. The van der Waals surface area contributed by atoms with Gasteiger partial charge in [-0.05, 0) is 12.8 Å². The van der Waals surface area contributed by atoms with E-state index in [1.165, 1.54) is 36.3 Å². The second-order valence-corrected chi connectivity index (χ2v) is 4.00. The van der Waals surface area contributed by atoms with Gasteiger partial charge in [-0.15, -0.1) is 11.8 Å². The first-order valence-corrected chi connectivity index (χ1v) is 5.03. The van der Waals surface area contributed by atoms with E-state index >= 15 is 0 Å². The average Bonchev–Trinajstić information content (AvgIpc) is 2.03. The molecule has 0 amide bonds. The Bertz CT molecular complexity index is 100. The third-order valence-electron chi connectivity index (χ3n) is 1.82. The lowest BCUT2D eigenvalue weighted by atomic mass is 10.0. The maximum Gasteiger partial charge on any atom is 0.247 e. The highest BCUT2D eigenvalue weighted by molar-refractivity contribution is 8.02. The van der Waals surface area contributed by atoms with Crippen molar-refractivity contribution in [2.75, 3.05) is 5.75 Å². The van der Waals surface area contributed by atoms with Gasteiger partial charge in [-0.3, -0.25) is 0 Å². The maximum atomic E-state index is 11.8. The van der Waals surface area contributed by atoms with E-state index in [0.717, 1.165) is 12.8 Å². The van der Waals surface area contributed by atoms with Gasteiger partial charge in [0, 0.05) is 5.25 Å². The summed E-state index contributed by atoms with van der Waals surface area (Å²) in [6.45, 7) is 0. The summed E-state index contributed by atoms with van der Waals surface area (Å²) in [4.78, 5) is 0. The van der Waals surface area contributed by atoms with Crippen LogP contribution in [0.25, 0.3) is 0 Å². The molecule has 0 spiro atoms. The molecule has 0 aromatic heterocycles. The molecule has 0 heterocycles. The number of rotatable bonds is 3. The second kappa shape index (κ2) is 4.96. The molecule has 0 bridgehead atoms. The van der Waals surface area contributed by atoms with Crippen molar-refractivity contribution in [3.05, 3.63) is 5.25 Å². The van der Waals surface area contributed by atoms with Gasteiger partial charge in [0.2, 0.25) is 6.43 Å². The van der Waals surface area contributed by atoms with Crippen molar-refractivity contribution in [2.24, 2.45) is 0 Å². The van der Waals surface area contributed by atoms with Crippen LogP contribution in [0, 0.1) is 5.25 Å². The van der Waals surface area contributed by atoms with Crippen molar-refractivity contribution in [3.8, 4) is 0 Å². The highest BCUT2D eigenvalue weighted by Crippen LogP contribution is 2.35. The molecule has 11 heavy (non-hydrogen) atoms. The van der Waals surface area contributed by atoms with Crippen LogP contribution in [-0.2, 0) is 0 Å². The molecule has 0 saturated heterocycles. The maximum absolute atomic E-state index is 11.8. The zero-order valence-corrected chi connectivity index (χ0v) is 7.30. The lowest BCUT2D eigenvalue weighted by Crippen LogP contribution is -2.03. The number of hydrogen-bond acceptors (Lipinski definition) is 1. The van der Waals surface area contributed by atoms with Gasteiger partial charge in [-0.2, -0.15) is 0 Å². The summed E-state index contributed by atoms with van der Waals surface area (Å²) >= 11 is 1.37. The van der Waals surface area contributed by atoms with E-state index in [9.17, 15) is 8.78 Å². The molecule has 0 aromatic carbocycles. The van der Waals surface area contributed by atoms with Crippen molar-refractivity contribution >= 4 is 11.8 Å². The van der Waals surface area contributed by atoms with Gasteiger partial charge in [-0.25, -0.2) is 8.78 Å². The van der Waals surface area contributed by atoms with Crippen LogP contribution in [0.1, 0.15) is 32.1 Å². The summed E-state index contributed by atoms with van der Waals surface area (Å²) in [7, 11) is 0. The molecule has 65 valence electrons. The van der Waals surface area contributed by atoms with E-state index in [2.05, 4.69) is 0 Å². The zero-order chi connectivity index (χ0) is 8.10. The third-order valence-corrected chi connectivity index (χ3v) is 3.06. The first kappa shape index (κ1) is 9.30. The summed E-state index contributed by atoms with van der Waals surface area (Å²) < 4.78 is 23.5. The molecule has 1 rings (SSSR count). The molecule has 1 aliphatic carbocycles. The standard InChI is InChI=1S/C8H13F2S/c9-8(10)6-11-7-4-2-1-3-5-7/h8H,1-6H2. The summed E-state index contributed by atoms with van der Waals surface area (Å²) in [6.07, 6.45) is 3.67. The minimum absolute atomic E-state index is 0.00463. The fourth-order valence-corrected chi connectivity index (χ4v) is 2.21. The van der Waals surface area contributed by atoms with Crippen LogP contribution in [0.15, 0.2) is 0 Å². The molecule has 0 atom stereocenters. The van der Waals surface area contributed by atoms with E-state index < -0.39 is 6.43 Å². The SMILES string of the molecule is FC(F)CS[C]1CCCCC1. The Balaban J connectivity index is 2.05. The van der Waals surface area contributed by atoms with Crippen LogP contribution in [-0.4, -0.2) is 12.2 Å². The Morgan fingerprint density at radius 3 is 2.36 bits per heavy atom. The fourth-order valence-electron chi connectivity index (χ4n) is 1.27. The van der Waals surface area contributed by atoms with E-state index in [0.29, 0.717) is 0 Å². The third kappa shape index (κ3) is 3.94. The topological polar surface area (TPSA) is 0 Å². The molecule has 1 fully saturated rings. The van der Waals surface area contributed by atoms with Crippen LogP contribution in [0.3, 0.4) is 0 Å². The zero-order valence-electron chi connectivity index (χ0n) is 6.48. The number of hydrogen-bond donors (Lipinski definition) is 0. The van der Waals surface area contributed by atoms with Crippen LogP contribution < -0.4 is 0 Å². The van der Waals surface area contributed by atoms with E-state index in [1.54, 1.807) is 0 Å². The fraction of sp³-hybridized carbons (Fsp3) is 0.875. The molecule has 0 N–H and O–H groups in total. The van der Waals surface area contributed by atoms with E-state index in [-0.39, 0.29) is 5.75 Å².